The Hall–Kier alpha value is -3.39. The second-order valence-electron chi connectivity index (χ2n) is 10.3. The summed E-state index contributed by atoms with van der Waals surface area (Å²) in [4.78, 5) is 15.9. The van der Waals surface area contributed by atoms with Crippen molar-refractivity contribution in [1.82, 2.24) is 4.98 Å². The van der Waals surface area contributed by atoms with E-state index in [1.165, 1.54) is 0 Å². The molecule has 0 saturated heterocycles. The lowest BCUT2D eigenvalue weighted by Crippen LogP contribution is -2.28. The van der Waals surface area contributed by atoms with Gasteiger partial charge in [0.2, 0.25) is 0 Å². The van der Waals surface area contributed by atoms with Crippen molar-refractivity contribution < 1.29 is 32.5 Å². The molecule has 3 rings (SSSR count). The van der Waals surface area contributed by atoms with E-state index >= 15 is 0 Å². The van der Waals surface area contributed by atoms with Gasteiger partial charge < -0.3 is 14.6 Å². The summed E-state index contributed by atoms with van der Waals surface area (Å²) < 4.78 is 49.4. The monoisotopic (exact) mass is 571 g/mol. The Bertz CT molecular complexity index is 1200. The van der Waals surface area contributed by atoms with Crippen LogP contribution < -0.4 is 4.74 Å². The van der Waals surface area contributed by atoms with E-state index in [2.05, 4.69) is 13.0 Å². The Labute approximate surface area is 240 Å². The number of halogens is 3. The molecule has 0 amide bonds. The first kappa shape index (κ1) is 32.1. The summed E-state index contributed by atoms with van der Waals surface area (Å²) >= 11 is 0. The summed E-state index contributed by atoms with van der Waals surface area (Å²) in [7, 11) is 0. The third-order valence-electron chi connectivity index (χ3n) is 7.10. The molecule has 0 radical (unpaired) electrons. The molecule has 2 aromatic carbocycles. The third kappa shape index (κ3) is 10.5. The Morgan fingerprint density at radius 3 is 2.34 bits per heavy atom. The zero-order valence-corrected chi connectivity index (χ0v) is 23.8. The number of ether oxygens (including phenoxy) is 2. The minimum atomic E-state index is -4.40. The van der Waals surface area contributed by atoms with Crippen LogP contribution in [0.2, 0.25) is 0 Å². The fourth-order valence-electron chi connectivity index (χ4n) is 4.73. The fraction of sp³-hybridized carbons (Fsp3) is 0.455. The predicted octanol–water partition coefficient (Wildman–Crippen LogP) is 9.07. The summed E-state index contributed by atoms with van der Waals surface area (Å²) in [5.41, 5.74) is 4.74. The predicted molar refractivity (Wildman–Crippen MR) is 155 cm³/mol. The number of carbonyl (C=O) groups is 1. The first-order valence-electron chi connectivity index (χ1n) is 14.4. The molecule has 1 heterocycles. The van der Waals surface area contributed by atoms with E-state index in [1.807, 2.05) is 54.6 Å². The lowest BCUT2D eigenvalue weighted by Gasteiger charge is -2.21. The molecular formula is C33H40F3NO4. The maximum atomic E-state index is 12.8. The molecule has 3 aromatic rings. The largest absolute Gasteiger partial charge is 0.492 e. The number of pyridine rings is 1. The Balaban J connectivity index is 1.87. The molecule has 5 nitrogen and oxygen atoms in total. The highest BCUT2D eigenvalue weighted by atomic mass is 19.4. The SMILES string of the molecule is CCCCCOc1ccc(-c2cc(C(CCCOC(C)C(F)(F)F)CCCC(=O)O)ccc2-c2ccccc2)nc1. The van der Waals surface area contributed by atoms with Crippen molar-refractivity contribution in [2.45, 2.75) is 83.4 Å². The molecule has 0 aliphatic heterocycles. The number of carboxylic acid groups (broad SMARTS) is 1. The Morgan fingerprint density at radius 2 is 1.68 bits per heavy atom. The topological polar surface area (TPSA) is 68.7 Å². The fourth-order valence-corrected chi connectivity index (χ4v) is 4.73. The van der Waals surface area contributed by atoms with Gasteiger partial charge in [0, 0.05) is 18.6 Å². The molecule has 0 fully saturated rings. The molecule has 8 heteroatoms. The summed E-state index contributed by atoms with van der Waals surface area (Å²) in [5, 5.41) is 9.16. The van der Waals surface area contributed by atoms with Gasteiger partial charge in [-0.1, -0.05) is 62.2 Å². The molecular weight excluding hydrogens is 531 g/mol. The van der Waals surface area contributed by atoms with Gasteiger partial charge >= 0.3 is 12.1 Å². The molecule has 2 atom stereocenters. The Morgan fingerprint density at radius 1 is 0.927 bits per heavy atom. The molecule has 0 aliphatic rings. The molecule has 41 heavy (non-hydrogen) atoms. The van der Waals surface area contributed by atoms with E-state index in [9.17, 15) is 18.0 Å². The molecule has 0 bridgehead atoms. The Kier molecular flexibility index (Phi) is 12.7. The lowest BCUT2D eigenvalue weighted by molar-refractivity contribution is -0.214. The molecule has 1 N–H and O–H groups in total. The van der Waals surface area contributed by atoms with E-state index in [1.54, 1.807) is 6.20 Å². The van der Waals surface area contributed by atoms with Gasteiger partial charge in [-0.25, -0.2) is 0 Å². The van der Waals surface area contributed by atoms with Gasteiger partial charge in [-0.05, 0) is 79.8 Å². The standard InChI is InChI=1S/C33H40F3NO4/c1-3-4-8-20-41-28-17-19-31(37-23-28)30-22-27(16-18-29(30)26-11-6-5-7-12-26)25(13-9-15-32(38)39)14-10-21-40-24(2)33(34,35)36/h5-7,11-12,16-19,22-25H,3-4,8-10,13-15,20-21H2,1-2H3,(H,38,39). The highest BCUT2D eigenvalue weighted by Gasteiger charge is 2.36. The van der Waals surface area contributed by atoms with Crippen LogP contribution in [0.4, 0.5) is 13.2 Å². The third-order valence-corrected chi connectivity index (χ3v) is 7.10. The van der Waals surface area contributed by atoms with E-state index in [4.69, 9.17) is 19.6 Å². The van der Waals surface area contributed by atoms with Crippen molar-refractivity contribution in [2.24, 2.45) is 0 Å². The molecule has 1 aromatic heterocycles. The van der Waals surface area contributed by atoms with Crippen LogP contribution in [0.25, 0.3) is 22.4 Å². The summed E-state index contributed by atoms with van der Waals surface area (Å²) in [6, 6.07) is 20.0. The minimum Gasteiger partial charge on any atom is -0.492 e. The number of unbranched alkanes of at least 4 members (excludes halogenated alkanes) is 2. The van der Waals surface area contributed by atoms with Crippen molar-refractivity contribution in [2.75, 3.05) is 13.2 Å². The number of hydrogen-bond donors (Lipinski definition) is 1. The van der Waals surface area contributed by atoms with Gasteiger partial charge in [-0.2, -0.15) is 13.2 Å². The lowest BCUT2D eigenvalue weighted by atomic mass is 9.86. The van der Waals surface area contributed by atoms with Crippen molar-refractivity contribution in [1.29, 1.82) is 0 Å². The maximum absolute atomic E-state index is 12.8. The van der Waals surface area contributed by atoms with Crippen LogP contribution in [0, 0.1) is 0 Å². The number of hydrogen-bond acceptors (Lipinski definition) is 4. The van der Waals surface area contributed by atoms with Crippen molar-refractivity contribution in [3.8, 4) is 28.1 Å². The number of alkyl halides is 3. The van der Waals surface area contributed by atoms with Crippen LogP contribution in [-0.2, 0) is 9.53 Å². The number of aromatic nitrogens is 1. The normalized spacial score (nSPS) is 13.1. The minimum absolute atomic E-state index is 0.0215. The van der Waals surface area contributed by atoms with Crippen molar-refractivity contribution in [3.63, 3.8) is 0 Å². The first-order chi connectivity index (χ1) is 19.7. The van der Waals surface area contributed by atoms with Crippen LogP contribution in [0.5, 0.6) is 5.75 Å². The van der Waals surface area contributed by atoms with Gasteiger partial charge in [0.15, 0.2) is 6.10 Å². The van der Waals surface area contributed by atoms with Crippen LogP contribution in [0.1, 0.15) is 76.7 Å². The number of aliphatic carboxylic acids is 1. The number of carboxylic acids is 1. The molecule has 0 spiro atoms. The highest BCUT2D eigenvalue weighted by Crippen LogP contribution is 2.37. The zero-order valence-electron chi connectivity index (χ0n) is 23.8. The summed E-state index contributed by atoms with van der Waals surface area (Å²) in [6.07, 6.45) is 0.836. The molecule has 2 unspecified atom stereocenters. The van der Waals surface area contributed by atoms with Crippen molar-refractivity contribution in [3.05, 3.63) is 72.4 Å². The quantitative estimate of drug-likeness (QED) is 0.164. The van der Waals surface area contributed by atoms with E-state index in [-0.39, 0.29) is 18.9 Å². The maximum Gasteiger partial charge on any atom is 0.414 e. The van der Waals surface area contributed by atoms with Gasteiger partial charge in [0.05, 0.1) is 18.5 Å². The van der Waals surface area contributed by atoms with Crippen LogP contribution in [0.15, 0.2) is 66.9 Å². The van der Waals surface area contributed by atoms with Gasteiger partial charge in [0.25, 0.3) is 0 Å². The van der Waals surface area contributed by atoms with Crippen LogP contribution in [0.3, 0.4) is 0 Å². The van der Waals surface area contributed by atoms with E-state index < -0.39 is 18.2 Å². The zero-order chi connectivity index (χ0) is 29.7. The van der Waals surface area contributed by atoms with Gasteiger partial charge in [-0.15, -0.1) is 0 Å². The number of rotatable bonds is 17. The first-order valence-corrected chi connectivity index (χ1v) is 14.4. The average molecular weight is 572 g/mol. The highest BCUT2D eigenvalue weighted by molar-refractivity contribution is 5.82. The van der Waals surface area contributed by atoms with Crippen LogP contribution in [-0.4, -0.2) is 41.6 Å². The smallest absolute Gasteiger partial charge is 0.414 e. The second-order valence-corrected chi connectivity index (χ2v) is 10.3. The summed E-state index contributed by atoms with van der Waals surface area (Å²) in [6.45, 7) is 3.77. The van der Waals surface area contributed by atoms with Crippen LogP contribution >= 0.6 is 0 Å². The molecule has 0 aliphatic carbocycles. The second kappa shape index (κ2) is 16.2. The molecule has 222 valence electrons. The van der Waals surface area contributed by atoms with Gasteiger partial charge in [-0.3, -0.25) is 9.78 Å². The van der Waals surface area contributed by atoms with E-state index in [0.717, 1.165) is 54.1 Å². The average Bonchev–Trinajstić information content (AvgIpc) is 2.96. The van der Waals surface area contributed by atoms with Gasteiger partial charge in [0.1, 0.15) is 5.75 Å². The summed E-state index contributed by atoms with van der Waals surface area (Å²) in [5.74, 6) is -0.196. The van der Waals surface area contributed by atoms with E-state index in [0.29, 0.717) is 38.0 Å². The molecule has 0 saturated carbocycles. The number of nitrogens with zero attached hydrogens (tertiary/aromatic N) is 1. The van der Waals surface area contributed by atoms with Crippen molar-refractivity contribution >= 4 is 5.97 Å². The number of benzene rings is 2.